The predicted octanol–water partition coefficient (Wildman–Crippen LogP) is 3.03. The Morgan fingerprint density at radius 1 is 1.15 bits per heavy atom. The van der Waals surface area contributed by atoms with E-state index in [1.807, 2.05) is 61.2 Å². The first kappa shape index (κ1) is 21.9. The molecule has 0 saturated carbocycles. The normalized spacial score (nSPS) is 16.3. The van der Waals surface area contributed by atoms with Crippen molar-refractivity contribution < 1.29 is 4.79 Å². The molecule has 0 aromatic heterocycles. The maximum atomic E-state index is 12.5. The molecular formula is C22H33N3O. The van der Waals surface area contributed by atoms with Crippen molar-refractivity contribution in [2.24, 2.45) is 5.73 Å². The highest BCUT2D eigenvalue weighted by Crippen LogP contribution is 2.09. The minimum atomic E-state index is -0.469. The summed E-state index contributed by atoms with van der Waals surface area (Å²) in [5.74, 6) is 0.0454. The van der Waals surface area contributed by atoms with Crippen molar-refractivity contribution in [2.45, 2.75) is 26.3 Å². The van der Waals surface area contributed by atoms with Crippen LogP contribution in [0.1, 0.15) is 19.4 Å². The lowest BCUT2D eigenvalue weighted by atomic mass is 10.1. The van der Waals surface area contributed by atoms with E-state index >= 15 is 0 Å². The van der Waals surface area contributed by atoms with Crippen molar-refractivity contribution in [2.75, 3.05) is 32.7 Å². The fraction of sp³-hybridized carbons (Fsp3) is 0.409. The Morgan fingerprint density at radius 2 is 1.77 bits per heavy atom. The summed E-state index contributed by atoms with van der Waals surface area (Å²) in [5.41, 5.74) is 8.36. The monoisotopic (exact) mass is 355 g/mol. The van der Waals surface area contributed by atoms with Crippen molar-refractivity contribution in [1.29, 1.82) is 0 Å². The Hall–Kier alpha value is -2.17. The summed E-state index contributed by atoms with van der Waals surface area (Å²) in [5, 5.41) is 0. The van der Waals surface area contributed by atoms with Gasteiger partial charge in [-0.05, 0) is 17.6 Å². The van der Waals surface area contributed by atoms with Crippen molar-refractivity contribution in [3.8, 4) is 0 Å². The molecule has 2 N–H and O–H groups in total. The standard InChI is InChI=1S/C20H27N3O.C2H6/c1-3-8-17(4-2)16-22-11-13-23(14-12-22)20(24)19(21)15-18-9-6-5-7-10-18;1-2/h3-10,19H,1-2,11-16,21H2;1-2H3/b17-8+;/t19-;/m0./s1. The first-order valence-electron chi connectivity index (χ1n) is 9.38. The second-order valence-electron chi connectivity index (χ2n) is 6.08. The molecule has 142 valence electrons. The van der Waals surface area contributed by atoms with Gasteiger partial charge in [0, 0.05) is 32.7 Å². The topological polar surface area (TPSA) is 49.6 Å². The number of rotatable bonds is 7. The zero-order chi connectivity index (χ0) is 19.4. The van der Waals surface area contributed by atoms with E-state index in [1.54, 1.807) is 6.08 Å². The van der Waals surface area contributed by atoms with E-state index in [2.05, 4.69) is 18.1 Å². The number of carbonyl (C=O) groups excluding carboxylic acids is 1. The van der Waals surface area contributed by atoms with Crippen molar-refractivity contribution in [3.63, 3.8) is 0 Å². The molecule has 1 aliphatic heterocycles. The lowest BCUT2D eigenvalue weighted by Gasteiger charge is -2.36. The number of piperazine rings is 1. The third-order valence-electron chi connectivity index (χ3n) is 4.30. The number of hydrogen-bond donors (Lipinski definition) is 1. The molecule has 1 atom stereocenters. The largest absolute Gasteiger partial charge is 0.339 e. The molecule has 1 aromatic rings. The number of nitrogens with two attached hydrogens (primary N) is 1. The molecule has 1 heterocycles. The smallest absolute Gasteiger partial charge is 0.239 e. The minimum Gasteiger partial charge on any atom is -0.339 e. The van der Waals surface area contributed by atoms with E-state index < -0.39 is 6.04 Å². The number of carbonyl (C=O) groups is 1. The van der Waals surface area contributed by atoms with Crippen LogP contribution in [-0.4, -0.2) is 54.5 Å². The number of allylic oxidation sites excluding steroid dienone is 2. The SMILES string of the molecule is C=C/C=C(\C=C)CN1CCN(C(=O)[C@@H](N)Cc2ccccc2)CC1.CC. The molecular weight excluding hydrogens is 322 g/mol. The van der Waals surface area contributed by atoms with E-state index in [0.29, 0.717) is 6.42 Å². The number of amides is 1. The summed E-state index contributed by atoms with van der Waals surface area (Å²) in [6.45, 7) is 15.5. The third-order valence-corrected chi connectivity index (χ3v) is 4.30. The molecule has 0 spiro atoms. The first-order valence-corrected chi connectivity index (χ1v) is 9.38. The fourth-order valence-corrected chi connectivity index (χ4v) is 2.91. The van der Waals surface area contributed by atoms with Crippen molar-refractivity contribution in [1.82, 2.24) is 9.80 Å². The maximum Gasteiger partial charge on any atom is 0.239 e. The Labute approximate surface area is 158 Å². The van der Waals surface area contributed by atoms with Gasteiger partial charge in [-0.2, -0.15) is 0 Å². The van der Waals surface area contributed by atoms with Gasteiger partial charge in [0.25, 0.3) is 0 Å². The van der Waals surface area contributed by atoms with Gasteiger partial charge in [-0.3, -0.25) is 9.69 Å². The minimum absolute atomic E-state index is 0.0454. The van der Waals surface area contributed by atoms with Gasteiger partial charge in [0.1, 0.15) is 0 Å². The van der Waals surface area contributed by atoms with Gasteiger partial charge in [-0.1, -0.05) is 75.6 Å². The van der Waals surface area contributed by atoms with Gasteiger partial charge in [-0.15, -0.1) is 0 Å². The van der Waals surface area contributed by atoms with Crippen LogP contribution in [0.2, 0.25) is 0 Å². The molecule has 0 unspecified atom stereocenters. The van der Waals surface area contributed by atoms with Crippen LogP contribution in [0.15, 0.2) is 67.3 Å². The summed E-state index contributed by atoms with van der Waals surface area (Å²) < 4.78 is 0. The zero-order valence-corrected chi connectivity index (χ0v) is 16.2. The van der Waals surface area contributed by atoms with Crippen molar-refractivity contribution >= 4 is 5.91 Å². The molecule has 0 radical (unpaired) electrons. The van der Waals surface area contributed by atoms with Crippen molar-refractivity contribution in [3.05, 3.63) is 72.9 Å². The molecule has 4 heteroatoms. The van der Waals surface area contributed by atoms with Gasteiger partial charge >= 0.3 is 0 Å². The Bertz CT molecular complexity index is 587. The second-order valence-corrected chi connectivity index (χ2v) is 6.08. The zero-order valence-electron chi connectivity index (χ0n) is 16.2. The lowest BCUT2D eigenvalue weighted by Crippen LogP contribution is -2.53. The summed E-state index contributed by atoms with van der Waals surface area (Å²) in [6.07, 6.45) is 6.19. The van der Waals surface area contributed by atoms with Crippen LogP contribution in [0.3, 0.4) is 0 Å². The number of benzene rings is 1. The molecule has 2 rings (SSSR count). The van der Waals surface area contributed by atoms with Crippen LogP contribution in [0.4, 0.5) is 0 Å². The van der Waals surface area contributed by atoms with E-state index in [-0.39, 0.29) is 5.91 Å². The summed E-state index contributed by atoms with van der Waals surface area (Å²) in [7, 11) is 0. The van der Waals surface area contributed by atoms with Gasteiger partial charge in [0.15, 0.2) is 0 Å². The lowest BCUT2D eigenvalue weighted by molar-refractivity contribution is -0.134. The molecule has 1 fully saturated rings. The third kappa shape index (κ3) is 6.98. The van der Waals surface area contributed by atoms with Gasteiger partial charge in [-0.25, -0.2) is 0 Å². The summed E-state index contributed by atoms with van der Waals surface area (Å²) in [6, 6.07) is 9.46. The number of nitrogens with zero attached hydrogens (tertiary/aromatic N) is 2. The highest BCUT2D eigenvalue weighted by atomic mass is 16.2. The molecule has 0 bridgehead atoms. The average Bonchev–Trinajstić information content (AvgIpc) is 2.70. The van der Waals surface area contributed by atoms with Gasteiger partial charge in [0.05, 0.1) is 6.04 Å². The summed E-state index contributed by atoms with van der Waals surface area (Å²) >= 11 is 0. The van der Waals surface area contributed by atoms with Crippen LogP contribution < -0.4 is 5.73 Å². The molecule has 26 heavy (non-hydrogen) atoms. The molecule has 1 amide bonds. The van der Waals surface area contributed by atoms with Crippen LogP contribution in [-0.2, 0) is 11.2 Å². The fourth-order valence-electron chi connectivity index (χ4n) is 2.91. The molecule has 1 saturated heterocycles. The Kier molecular flexibility index (Phi) is 10.3. The van der Waals surface area contributed by atoms with Crippen LogP contribution in [0, 0.1) is 0 Å². The van der Waals surface area contributed by atoms with Crippen LogP contribution >= 0.6 is 0 Å². The average molecular weight is 356 g/mol. The van der Waals surface area contributed by atoms with E-state index in [4.69, 9.17) is 5.73 Å². The molecule has 1 aliphatic rings. The van der Waals surface area contributed by atoms with E-state index in [0.717, 1.165) is 43.9 Å². The van der Waals surface area contributed by atoms with E-state index in [9.17, 15) is 4.79 Å². The van der Waals surface area contributed by atoms with Crippen LogP contribution in [0.5, 0.6) is 0 Å². The second kappa shape index (κ2) is 12.2. The quantitative estimate of drug-likeness (QED) is 0.765. The maximum absolute atomic E-state index is 12.5. The first-order chi connectivity index (χ1) is 12.6. The number of hydrogen-bond acceptors (Lipinski definition) is 3. The molecule has 1 aromatic carbocycles. The Morgan fingerprint density at radius 3 is 2.31 bits per heavy atom. The predicted molar refractivity (Wildman–Crippen MR) is 111 cm³/mol. The summed E-state index contributed by atoms with van der Waals surface area (Å²) in [4.78, 5) is 16.7. The Balaban J connectivity index is 0.00000163. The van der Waals surface area contributed by atoms with Gasteiger partial charge < -0.3 is 10.6 Å². The van der Waals surface area contributed by atoms with Gasteiger partial charge in [0.2, 0.25) is 5.91 Å². The van der Waals surface area contributed by atoms with Crippen LogP contribution in [0.25, 0.3) is 0 Å². The highest BCUT2D eigenvalue weighted by molar-refractivity contribution is 5.82. The van der Waals surface area contributed by atoms with E-state index in [1.165, 1.54) is 0 Å². The highest BCUT2D eigenvalue weighted by Gasteiger charge is 2.25. The molecule has 4 nitrogen and oxygen atoms in total. The molecule has 0 aliphatic carbocycles.